The average Bonchev–Trinajstić information content (AvgIpc) is 3.64. The van der Waals surface area contributed by atoms with Crippen molar-refractivity contribution in [1.82, 2.24) is 14.9 Å². The van der Waals surface area contributed by atoms with E-state index < -0.39 is 24.2 Å². The van der Waals surface area contributed by atoms with Crippen molar-refractivity contribution < 1.29 is 60.7 Å². The van der Waals surface area contributed by atoms with Gasteiger partial charge in [-0.05, 0) is 62.2 Å². The molecule has 2 aliphatic rings. The van der Waals surface area contributed by atoms with Crippen LogP contribution in [0.2, 0.25) is 0 Å². The van der Waals surface area contributed by atoms with Crippen LogP contribution in [0, 0.1) is 30.6 Å². The van der Waals surface area contributed by atoms with Gasteiger partial charge in [-0.2, -0.15) is 13.2 Å². The van der Waals surface area contributed by atoms with E-state index in [0.717, 1.165) is 47.2 Å². The second kappa shape index (κ2) is 24.5. The number of nitrogens with zero attached hydrogens (tertiary/aromatic N) is 3. The standard InChI is InChI=1S/C21H30N2O2.C7H10F3NO.C6H12O2.CH3NO.CH3.V/c1-15-8-7-10-16(15)9-5-4-6-11-19-21(25-3)23-20-14-17(24-2)12-13-18(20)22-19;1-11-3-2-5(6(11)4-12)7(8,9)10;1-6(2,3)5(8)4-7;2-1-3;;/h12-16H,4-11H2,1-3H3;4-6H,2-3H2,1H3;4-5,8H,1-3H3;1H,(H2,2,3);1H3;/q;;;;-1;/t;;5-;;;/m..1.../s1. The third-order valence-corrected chi connectivity index (χ3v) is 8.92. The molecule has 1 aliphatic heterocycles. The van der Waals surface area contributed by atoms with Crippen LogP contribution in [-0.2, 0) is 39.4 Å². The van der Waals surface area contributed by atoms with Gasteiger partial charge in [-0.15, -0.1) is 0 Å². The molecule has 1 saturated carbocycles. The molecule has 1 amide bonds. The molecule has 0 bridgehead atoms. The number of likely N-dealkylation sites (tertiary alicyclic amines) is 1. The maximum absolute atomic E-state index is 12.2. The molecule has 0 spiro atoms. The van der Waals surface area contributed by atoms with E-state index in [2.05, 4.69) is 17.6 Å². The molecule has 1 saturated heterocycles. The summed E-state index contributed by atoms with van der Waals surface area (Å²) >= 11 is 0. The SMILES string of the molecule is CC(C)(C)[C@H](O)C=O.CN1CCC(C(F)(F)F)C1C=O.COc1ccc2nc(CCCCCC3CCCC3C)c(OC)nc2c1.NC=O.[CH3-].[V]. The number of benzene rings is 1. The number of aryl methyl sites for hydroxylation is 1. The number of aliphatic hydroxyl groups is 1. The maximum Gasteiger partial charge on any atom is 0.393 e. The summed E-state index contributed by atoms with van der Waals surface area (Å²) in [5.41, 5.74) is 6.54. The average molecular weight is 751 g/mol. The number of primary amides is 1. The van der Waals surface area contributed by atoms with Gasteiger partial charge < -0.3 is 37.3 Å². The van der Waals surface area contributed by atoms with Gasteiger partial charge >= 0.3 is 6.18 Å². The van der Waals surface area contributed by atoms with Crippen LogP contribution in [0.15, 0.2) is 18.2 Å². The number of hydrogen-bond acceptors (Lipinski definition) is 9. The number of aromatic nitrogens is 2. The molecule has 2 fully saturated rings. The van der Waals surface area contributed by atoms with Crippen molar-refractivity contribution in [2.75, 3.05) is 27.8 Å². The summed E-state index contributed by atoms with van der Waals surface area (Å²) in [4.78, 5) is 39.6. The molecular weight excluding hydrogens is 692 g/mol. The van der Waals surface area contributed by atoms with Crippen LogP contribution >= 0.6 is 0 Å². The predicted molar refractivity (Wildman–Crippen MR) is 186 cm³/mol. The molecule has 10 nitrogen and oxygen atoms in total. The first-order valence-corrected chi connectivity index (χ1v) is 16.5. The Morgan fingerprint density at radius 3 is 2.10 bits per heavy atom. The smallest absolute Gasteiger partial charge is 0.393 e. The fraction of sp³-hybridized carbons (Fsp3) is 0.667. The van der Waals surface area contributed by atoms with E-state index in [9.17, 15) is 22.8 Å². The van der Waals surface area contributed by atoms with Gasteiger partial charge in [0, 0.05) is 24.6 Å². The molecule has 1 radical (unpaired) electrons. The molecule has 5 atom stereocenters. The number of methoxy groups -OCH3 is 2. The van der Waals surface area contributed by atoms with E-state index in [0.29, 0.717) is 25.0 Å². The number of carbonyl (C=O) groups is 3. The minimum atomic E-state index is -4.24. The van der Waals surface area contributed by atoms with Crippen LogP contribution in [0.1, 0.15) is 84.8 Å². The fourth-order valence-corrected chi connectivity index (χ4v) is 5.76. The van der Waals surface area contributed by atoms with Gasteiger partial charge in [0.2, 0.25) is 12.3 Å². The number of unbranched alkanes of at least 4 members (excludes halogenated alkanes) is 2. The number of alkyl halides is 3. The van der Waals surface area contributed by atoms with E-state index in [-0.39, 0.29) is 44.2 Å². The number of rotatable bonds is 10. The fourth-order valence-electron chi connectivity index (χ4n) is 5.76. The van der Waals surface area contributed by atoms with Crippen molar-refractivity contribution in [3.05, 3.63) is 31.3 Å². The summed E-state index contributed by atoms with van der Waals surface area (Å²) in [6.07, 6.45) is 6.50. The molecule has 2 heterocycles. The quantitative estimate of drug-likeness (QED) is 0.160. The van der Waals surface area contributed by atoms with Crippen molar-refractivity contribution in [2.24, 2.45) is 28.9 Å². The summed E-state index contributed by atoms with van der Waals surface area (Å²) < 4.78 is 47.3. The third-order valence-electron chi connectivity index (χ3n) is 8.92. The van der Waals surface area contributed by atoms with Crippen molar-refractivity contribution >= 4 is 30.0 Å². The van der Waals surface area contributed by atoms with Crippen LogP contribution in [-0.4, -0.2) is 85.1 Å². The molecular formula is C36H58F3N4O6V-. The van der Waals surface area contributed by atoms with Gasteiger partial charge in [0.1, 0.15) is 30.1 Å². The Bertz CT molecular complexity index is 1260. The van der Waals surface area contributed by atoms with Gasteiger partial charge in [-0.3, -0.25) is 9.69 Å². The van der Waals surface area contributed by atoms with Gasteiger partial charge in [-0.25, -0.2) is 9.97 Å². The second-order valence-corrected chi connectivity index (χ2v) is 13.4. The maximum atomic E-state index is 12.2. The van der Waals surface area contributed by atoms with Crippen molar-refractivity contribution in [2.45, 2.75) is 104 Å². The number of hydrogen-bond donors (Lipinski definition) is 2. The molecule has 14 heteroatoms. The minimum absolute atomic E-state index is 0. The molecule has 2 aromatic rings. The van der Waals surface area contributed by atoms with Crippen LogP contribution in [0.4, 0.5) is 13.2 Å². The third kappa shape index (κ3) is 16.5. The Hall–Kier alpha value is -2.74. The molecule has 1 aliphatic carbocycles. The van der Waals surface area contributed by atoms with Gasteiger partial charge in [0.15, 0.2) is 0 Å². The normalized spacial score (nSPS) is 20.5. The Morgan fingerprint density at radius 1 is 1.02 bits per heavy atom. The van der Waals surface area contributed by atoms with Crippen LogP contribution in [0.3, 0.4) is 0 Å². The topological polar surface area (TPSA) is 145 Å². The van der Waals surface area contributed by atoms with E-state index in [1.54, 1.807) is 14.2 Å². The molecule has 50 heavy (non-hydrogen) atoms. The van der Waals surface area contributed by atoms with E-state index in [1.165, 1.54) is 50.5 Å². The summed E-state index contributed by atoms with van der Waals surface area (Å²) in [5.74, 6) is 1.86. The van der Waals surface area contributed by atoms with Crippen molar-refractivity contribution in [3.8, 4) is 11.6 Å². The van der Waals surface area contributed by atoms with Crippen LogP contribution in [0.5, 0.6) is 11.6 Å². The second-order valence-electron chi connectivity index (χ2n) is 13.4. The first-order valence-electron chi connectivity index (χ1n) is 16.5. The minimum Gasteiger partial charge on any atom is -0.497 e. The number of nitrogens with two attached hydrogens (primary N) is 1. The number of amides is 1. The van der Waals surface area contributed by atoms with E-state index in [1.807, 2.05) is 39.0 Å². The zero-order valence-electron chi connectivity index (χ0n) is 30.9. The number of halogens is 3. The summed E-state index contributed by atoms with van der Waals surface area (Å²) in [7, 11) is 4.86. The van der Waals surface area contributed by atoms with Crippen LogP contribution in [0.25, 0.3) is 11.0 Å². The van der Waals surface area contributed by atoms with Crippen molar-refractivity contribution in [1.29, 1.82) is 0 Å². The van der Waals surface area contributed by atoms with Gasteiger partial charge in [-0.1, -0.05) is 66.2 Å². The van der Waals surface area contributed by atoms with E-state index >= 15 is 0 Å². The summed E-state index contributed by atoms with van der Waals surface area (Å²) in [5, 5.41) is 8.83. The first kappa shape index (κ1) is 49.4. The largest absolute Gasteiger partial charge is 0.497 e. The van der Waals surface area contributed by atoms with Gasteiger partial charge in [0.05, 0.1) is 37.2 Å². The molecule has 1 aromatic carbocycles. The Kier molecular flexibility index (Phi) is 24.1. The Labute approximate surface area is 308 Å². The first-order chi connectivity index (χ1) is 22.6. The molecule has 285 valence electrons. The molecule has 4 unspecified atom stereocenters. The number of fused-ring (bicyclic) bond motifs is 1. The zero-order chi connectivity index (χ0) is 36.5. The summed E-state index contributed by atoms with van der Waals surface area (Å²) in [6.45, 7) is 8.19. The molecule has 1 aromatic heterocycles. The number of likely N-dealkylation sites (N-methyl/N-ethyl adjacent to an activating group) is 1. The number of ether oxygens (including phenoxy) is 2. The number of aliphatic hydroxyl groups excluding tert-OH is 1. The predicted octanol–water partition coefficient (Wildman–Crippen LogP) is 6.40. The molecule has 4 rings (SSSR count). The molecule has 3 N–H and O–H groups in total. The summed E-state index contributed by atoms with van der Waals surface area (Å²) in [6, 6.07) is 4.81. The van der Waals surface area contributed by atoms with Crippen molar-refractivity contribution in [3.63, 3.8) is 0 Å². The Balaban J connectivity index is 0. The number of aldehydes is 2. The monoisotopic (exact) mass is 750 g/mol. The Morgan fingerprint density at radius 2 is 1.66 bits per heavy atom. The number of carbonyl (C=O) groups excluding carboxylic acids is 3. The van der Waals surface area contributed by atoms with Gasteiger partial charge in [0.25, 0.3) is 0 Å². The van der Waals surface area contributed by atoms with E-state index in [4.69, 9.17) is 24.4 Å². The van der Waals surface area contributed by atoms with Crippen LogP contribution < -0.4 is 15.2 Å². The zero-order valence-corrected chi connectivity index (χ0v) is 32.3.